The van der Waals surface area contributed by atoms with Crippen molar-refractivity contribution in [2.45, 2.75) is 0 Å². The molecule has 0 atom stereocenters. The fourth-order valence-electron chi connectivity index (χ4n) is 2.37. The molecule has 0 spiro atoms. The first kappa shape index (κ1) is 17.4. The summed E-state index contributed by atoms with van der Waals surface area (Å²) in [6, 6.07) is 6.37. The molecule has 6 nitrogen and oxygen atoms in total. The average molecular weight is 428 g/mol. The number of amides is 3. The third kappa shape index (κ3) is 3.22. The molecule has 1 aliphatic heterocycles. The van der Waals surface area contributed by atoms with Gasteiger partial charge in [-0.1, -0.05) is 27.5 Å². The zero-order valence-corrected chi connectivity index (χ0v) is 14.7. The number of anilines is 1. The quantitative estimate of drug-likeness (QED) is 0.582. The Kier molecular flexibility index (Phi) is 4.49. The number of benzene rings is 2. The molecule has 1 aliphatic rings. The summed E-state index contributed by atoms with van der Waals surface area (Å²) in [5, 5.41) is 11.4. The highest BCUT2D eigenvalue weighted by Crippen LogP contribution is 2.29. The monoisotopic (exact) mass is 426 g/mol. The molecule has 0 bridgehead atoms. The molecule has 2 N–H and O–H groups in total. The lowest BCUT2D eigenvalue weighted by Gasteiger charge is -2.14. The minimum Gasteiger partial charge on any atom is -0.506 e. The van der Waals surface area contributed by atoms with Gasteiger partial charge in [0.05, 0.1) is 21.8 Å². The fourth-order valence-corrected chi connectivity index (χ4v) is 2.90. The number of fused-ring (bicyclic) bond motifs is 1. The van der Waals surface area contributed by atoms with Gasteiger partial charge in [-0.05, 0) is 24.3 Å². The number of rotatable bonds is 3. The Morgan fingerprint density at radius 3 is 2.60 bits per heavy atom. The molecule has 0 unspecified atom stereocenters. The van der Waals surface area contributed by atoms with Crippen LogP contribution in [0, 0.1) is 5.82 Å². The van der Waals surface area contributed by atoms with Crippen molar-refractivity contribution in [3.8, 4) is 5.75 Å². The van der Waals surface area contributed by atoms with Crippen LogP contribution in [0.3, 0.4) is 0 Å². The van der Waals surface area contributed by atoms with E-state index < -0.39 is 35.8 Å². The number of phenolic OH excluding ortho intramolecular Hbond substituents is 1. The van der Waals surface area contributed by atoms with Crippen LogP contribution in [-0.2, 0) is 4.79 Å². The summed E-state index contributed by atoms with van der Waals surface area (Å²) >= 11 is 8.88. The molecule has 25 heavy (non-hydrogen) atoms. The van der Waals surface area contributed by atoms with E-state index >= 15 is 0 Å². The Balaban J connectivity index is 1.77. The second kappa shape index (κ2) is 6.45. The summed E-state index contributed by atoms with van der Waals surface area (Å²) in [6.07, 6.45) is 0. The van der Waals surface area contributed by atoms with Gasteiger partial charge in [0.2, 0.25) is 5.91 Å². The first-order chi connectivity index (χ1) is 11.8. The minimum absolute atomic E-state index is 0.151. The van der Waals surface area contributed by atoms with E-state index in [1.54, 1.807) is 6.07 Å². The van der Waals surface area contributed by atoms with Gasteiger partial charge in [0.1, 0.15) is 18.1 Å². The number of hydrogen-bond donors (Lipinski definition) is 2. The molecule has 0 radical (unpaired) electrons. The summed E-state index contributed by atoms with van der Waals surface area (Å²) in [5.74, 6) is -3.37. The van der Waals surface area contributed by atoms with E-state index in [2.05, 4.69) is 21.2 Å². The molecular formula is C16H9BrClFN2O4. The van der Waals surface area contributed by atoms with Gasteiger partial charge in [0.15, 0.2) is 0 Å². The van der Waals surface area contributed by atoms with Crippen LogP contribution < -0.4 is 5.32 Å². The van der Waals surface area contributed by atoms with Crippen LogP contribution >= 0.6 is 27.5 Å². The molecule has 2 aromatic carbocycles. The molecule has 0 aromatic heterocycles. The summed E-state index contributed by atoms with van der Waals surface area (Å²) in [6.45, 7) is -0.581. The summed E-state index contributed by atoms with van der Waals surface area (Å²) in [7, 11) is 0. The second-order valence-corrected chi connectivity index (χ2v) is 6.54. The molecule has 1 heterocycles. The van der Waals surface area contributed by atoms with Crippen LogP contribution in [0.1, 0.15) is 20.7 Å². The van der Waals surface area contributed by atoms with Crippen LogP contribution in [0.15, 0.2) is 34.8 Å². The van der Waals surface area contributed by atoms with Gasteiger partial charge in [0.25, 0.3) is 11.8 Å². The van der Waals surface area contributed by atoms with Crippen molar-refractivity contribution in [2.24, 2.45) is 0 Å². The Bertz CT molecular complexity index is 935. The molecule has 0 aliphatic carbocycles. The van der Waals surface area contributed by atoms with E-state index in [4.69, 9.17) is 11.6 Å². The van der Waals surface area contributed by atoms with Crippen LogP contribution in [0.5, 0.6) is 5.75 Å². The lowest BCUT2D eigenvalue weighted by atomic mass is 10.1. The highest BCUT2D eigenvalue weighted by molar-refractivity contribution is 9.10. The van der Waals surface area contributed by atoms with Crippen LogP contribution in [0.2, 0.25) is 5.02 Å². The number of phenols is 1. The Morgan fingerprint density at radius 1 is 1.20 bits per heavy atom. The van der Waals surface area contributed by atoms with E-state index in [1.807, 2.05) is 0 Å². The Hall–Kier alpha value is -2.45. The minimum atomic E-state index is -0.901. The standard InChI is InChI=1S/C16H9BrClFN2O4/c17-7-1-2-8-9(3-7)16(25)21(15(8)24)6-14(23)20-12-4-10(18)13(22)5-11(12)19/h1-5,22H,6H2,(H,20,23). The third-order valence-electron chi connectivity index (χ3n) is 3.55. The lowest BCUT2D eigenvalue weighted by molar-refractivity contribution is -0.116. The normalized spacial score (nSPS) is 13.2. The number of hydrogen-bond acceptors (Lipinski definition) is 4. The number of carbonyl (C=O) groups excluding carboxylic acids is 3. The second-order valence-electron chi connectivity index (χ2n) is 5.22. The van der Waals surface area contributed by atoms with E-state index in [9.17, 15) is 23.9 Å². The summed E-state index contributed by atoms with van der Waals surface area (Å²) in [5.41, 5.74) is 0.109. The molecule has 3 amide bonds. The third-order valence-corrected chi connectivity index (χ3v) is 4.34. The van der Waals surface area contributed by atoms with Crippen molar-refractivity contribution in [3.05, 3.63) is 56.8 Å². The fraction of sp³-hybridized carbons (Fsp3) is 0.0625. The van der Waals surface area contributed by atoms with E-state index in [-0.39, 0.29) is 21.8 Å². The lowest BCUT2D eigenvalue weighted by Crippen LogP contribution is -2.37. The highest BCUT2D eigenvalue weighted by Gasteiger charge is 2.36. The largest absolute Gasteiger partial charge is 0.506 e. The topological polar surface area (TPSA) is 86.7 Å². The Labute approximate surface area is 154 Å². The molecule has 0 saturated carbocycles. The van der Waals surface area contributed by atoms with E-state index in [1.165, 1.54) is 12.1 Å². The van der Waals surface area contributed by atoms with Gasteiger partial charge in [0, 0.05) is 10.5 Å². The van der Waals surface area contributed by atoms with Crippen molar-refractivity contribution < 1.29 is 23.9 Å². The van der Waals surface area contributed by atoms with Crippen molar-refractivity contribution in [1.29, 1.82) is 0 Å². The number of carbonyl (C=O) groups is 3. The molecule has 9 heteroatoms. The predicted octanol–water partition coefficient (Wildman–Crippen LogP) is 3.18. The van der Waals surface area contributed by atoms with E-state index in [0.29, 0.717) is 4.47 Å². The zero-order valence-electron chi connectivity index (χ0n) is 12.3. The van der Waals surface area contributed by atoms with Gasteiger partial charge < -0.3 is 10.4 Å². The molecule has 0 fully saturated rings. The van der Waals surface area contributed by atoms with Gasteiger partial charge in [-0.25, -0.2) is 4.39 Å². The van der Waals surface area contributed by atoms with Crippen molar-refractivity contribution >= 4 is 50.9 Å². The number of nitrogens with one attached hydrogen (secondary N) is 1. The summed E-state index contributed by atoms with van der Waals surface area (Å²) in [4.78, 5) is 37.4. The zero-order chi connectivity index (χ0) is 18.3. The molecule has 3 rings (SSSR count). The SMILES string of the molecule is O=C(CN1C(=O)c2ccc(Br)cc2C1=O)Nc1cc(Cl)c(O)cc1F. The van der Waals surface area contributed by atoms with Crippen molar-refractivity contribution in [3.63, 3.8) is 0 Å². The smallest absolute Gasteiger partial charge is 0.262 e. The van der Waals surface area contributed by atoms with Crippen molar-refractivity contribution in [2.75, 3.05) is 11.9 Å². The molecule has 0 saturated heterocycles. The number of halogens is 3. The number of imide groups is 1. The Morgan fingerprint density at radius 2 is 1.88 bits per heavy atom. The number of nitrogens with zero attached hydrogens (tertiary/aromatic N) is 1. The highest BCUT2D eigenvalue weighted by atomic mass is 79.9. The van der Waals surface area contributed by atoms with Crippen LogP contribution in [-0.4, -0.2) is 34.3 Å². The predicted molar refractivity (Wildman–Crippen MR) is 91.2 cm³/mol. The molecular weight excluding hydrogens is 419 g/mol. The van der Waals surface area contributed by atoms with Crippen LogP contribution in [0.25, 0.3) is 0 Å². The number of aromatic hydroxyl groups is 1. The maximum Gasteiger partial charge on any atom is 0.262 e. The van der Waals surface area contributed by atoms with E-state index in [0.717, 1.165) is 17.0 Å². The van der Waals surface area contributed by atoms with Gasteiger partial charge in [-0.2, -0.15) is 0 Å². The van der Waals surface area contributed by atoms with Crippen molar-refractivity contribution in [1.82, 2.24) is 4.90 Å². The van der Waals surface area contributed by atoms with Crippen LogP contribution in [0.4, 0.5) is 10.1 Å². The molecule has 2 aromatic rings. The summed E-state index contributed by atoms with van der Waals surface area (Å²) < 4.78 is 14.4. The first-order valence-corrected chi connectivity index (χ1v) is 8.08. The van der Waals surface area contributed by atoms with Gasteiger partial charge in [-0.3, -0.25) is 19.3 Å². The van der Waals surface area contributed by atoms with Gasteiger partial charge in [-0.15, -0.1) is 0 Å². The average Bonchev–Trinajstić information content (AvgIpc) is 2.77. The maximum absolute atomic E-state index is 13.7. The first-order valence-electron chi connectivity index (χ1n) is 6.91. The maximum atomic E-state index is 13.7. The molecule has 128 valence electrons. The van der Waals surface area contributed by atoms with Gasteiger partial charge >= 0.3 is 0 Å².